The first-order valence-electron chi connectivity index (χ1n) is 7.49. The minimum atomic E-state index is -0.644. The molecule has 102 valence electrons. The quantitative estimate of drug-likeness (QED) is 0.904. The Balaban J connectivity index is 1.57. The number of hydrogen-bond acceptors (Lipinski definition) is 3. The number of ether oxygens (including phenoxy) is 1. The second kappa shape index (κ2) is 4.22. The summed E-state index contributed by atoms with van der Waals surface area (Å²) in [5, 5.41) is 11.0. The Morgan fingerprint density at radius 1 is 1.11 bits per heavy atom. The Labute approximate surface area is 114 Å². The summed E-state index contributed by atoms with van der Waals surface area (Å²) in [4.78, 5) is 2.44. The van der Waals surface area contributed by atoms with Gasteiger partial charge in [-0.3, -0.25) is 4.90 Å². The van der Waals surface area contributed by atoms with Crippen LogP contribution < -0.4 is 4.74 Å². The molecule has 19 heavy (non-hydrogen) atoms. The third-order valence-electron chi connectivity index (χ3n) is 4.88. The standard InChI is InChI=1S/C16H21NO2/c18-16(9-11-17-10-1-2-15(16)17)12-3-5-13(6-4-12)19-14-7-8-14/h3-6,14-15,18H,1-2,7-11H2. The molecule has 0 amide bonds. The highest BCUT2D eigenvalue weighted by Crippen LogP contribution is 2.43. The van der Waals surface area contributed by atoms with Crippen molar-refractivity contribution in [3.8, 4) is 5.75 Å². The van der Waals surface area contributed by atoms with Crippen molar-refractivity contribution < 1.29 is 9.84 Å². The summed E-state index contributed by atoms with van der Waals surface area (Å²) in [6.45, 7) is 2.18. The third kappa shape index (κ3) is 1.96. The molecule has 1 N–H and O–H groups in total. The zero-order valence-electron chi connectivity index (χ0n) is 11.2. The van der Waals surface area contributed by atoms with Gasteiger partial charge in [0.05, 0.1) is 6.10 Å². The zero-order chi connectivity index (χ0) is 12.9. The van der Waals surface area contributed by atoms with Gasteiger partial charge in [-0.2, -0.15) is 0 Å². The zero-order valence-corrected chi connectivity index (χ0v) is 11.2. The smallest absolute Gasteiger partial charge is 0.119 e. The Kier molecular flexibility index (Phi) is 2.61. The van der Waals surface area contributed by atoms with Crippen molar-refractivity contribution in [3.63, 3.8) is 0 Å². The predicted octanol–water partition coefficient (Wildman–Crippen LogP) is 2.28. The minimum Gasteiger partial charge on any atom is -0.490 e. The van der Waals surface area contributed by atoms with E-state index in [0.29, 0.717) is 12.1 Å². The van der Waals surface area contributed by atoms with E-state index >= 15 is 0 Å². The summed E-state index contributed by atoms with van der Waals surface area (Å²) in [5.74, 6) is 0.941. The van der Waals surface area contributed by atoms with E-state index in [-0.39, 0.29) is 0 Å². The molecule has 1 saturated carbocycles. The van der Waals surface area contributed by atoms with Gasteiger partial charge in [-0.15, -0.1) is 0 Å². The first-order chi connectivity index (χ1) is 9.25. The van der Waals surface area contributed by atoms with Crippen molar-refractivity contribution in [2.24, 2.45) is 0 Å². The maximum atomic E-state index is 11.0. The molecule has 0 radical (unpaired) electrons. The molecule has 2 heterocycles. The van der Waals surface area contributed by atoms with E-state index in [9.17, 15) is 5.11 Å². The fourth-order valence-corrected chi connectivity index (χ4v) is 3.65. The van der Waals surface area contributed by atoms with Crippen molar-refractivity contribution in [2.75, 3.05) is 13.1 Å². The third-order valence-corrected chi connectivity index (χ3v) is 4.88. The van der Waals surface area contributed by atoms with Crippen molar-refractivity contribution in [3.05, 3.63) is 29.8 Å². The molecule has 3 aliphatic rings. The van der Waals surface area contributed by atoms with E-state index in [1.807, 2.05) is 12.1 Å². The molecule has 2 aliphatic heterocycles. The first kappa shape index (κ1) is 11.7. The summed E-state index contributed by atoms with van der Waals surface area (Å²) < 4.78 is 5.77. The van der Waals surface area contributed by atoms with Crippen molar-refractivity contribution in [1.29, 1.82) is 0 Å². The van der Waals surface area contributed by atoms with Gasteiger partial charge in [0, 0.05) is 12.6 Å². The van der Waals surface area contributed by atoms with E-state index in [0.717, 1.165) is 37.2 Å². The molecule has 0 spiro atoms. The lowest BCUT2D eigenvalue weighted by molar-refractivity contribution is 0.00934. The fraction of sp³-hybridized carbons (Fsp3) is 0.625. The fourth-order valence-electron chi connectivity index (χ4n) is 3.65. The highest BCUT2D eigenvalue weighted by molar-refractivity contribution is 5.33. The second-order valence-electron chi connectivity index (χ2n) is 6.21. The number of fused-ring (bicyclic) bond motifs is 1. The van der Waals surface area contributed by atoms with Gasteiger partial charge in [-0.25, -0.2) is 0 Å². The molecule has 0 bridgehead atoms. The second-order valence-corrected chi connectivity index (χ2v) is 6.21. The Morgan fingerprint density at radius 2 is 1.89 bits per heavy atom. The van der Waals surface area contributed by atoms with E-state index in [1.54, 1.807) is 0 Å². The van der Waals surface area contributed by atoms with Crippen LogP contribution in [0.3, 0.4) is 0 Å². The molecule has 2 saturated heterocycles. The minimum absolute atomic E-state index is 0.322. The summed E-state index contributed by atoms with van der Waals surface area (Å²) in [6, 6.07) is 8.47. The molecule has 3 nitrogen and oxygen atoms in total. The average Bonchev–Trinajstić information content (AvgIpc) is 3.00. The highest BCUT2D eigenvalue weighted by Gasteiger charge is 2.48. The van der Waals surface area contributed by atoms with Crippen molar-refractivity contribution >= 4 is 0 Å². The van der Waals surface area contributed by atoms with Gasteiger partial charge in [0.25, 0.3) is 0 Å². The van der Waals surface area contributed by atoms with Crippen LogP contribution in [0.1, 0.15) is 37.7 Å². The molecule has 1 aromatic carbocycles. The van der Waals surface area contributed by atoms with Crippen LogP contribution in [0, 0.1) is 0 Å². The van der Waals surface area contributed by atoms with Crippen LogP contribution in [0.15, 0.2) is 24.3 Å². The largest absolute Gasteiger partial charge is 0.490 e. The molecule has 1 aromatic rings. The maximum Gasteiger partial charge on any atom is 0.119 e. The Bertz CT molecular complexity index is 468. The normalized spacial score (nSPS) is 34.5. The lowest BCUT2D eigenvalue weighted by Crippen LogP contribution is -2.38. The van der Waals surface area contributed by atoms with Crippen molar-refractivity contribution in [2.45, 2.75) is 49.9 Å². The van der Waals surface area contributed by atoms with Gasteiger partial charge in [0.2, 0.25) is 0 Å². The van der Waals surface area contributed by atoms with Crippen LogP contribution in [-0.4, -0.2) is 35.2 Å². The molecular formula is C16H21NO2. The number of hydrogen-bond donors (Lipinski definition) is 1. The Morgan fingerprint density at radius 3 is 2.63 bits per heavy atom. The molecule has 0 aromatic heterocycles. The van der Waals surface area contributed by atoms with Crippen molar-refractivity contribution in [1.82, 2.24) is 4.90 Å². The summed E-state index contributed by atoms with van der Waals surface area (Å²) in [7, 11) is 0. The van der Waals surface area contributed by atoms with Gasteiger partial charge in [-0.1, -0.05) is 12.1 Å². The SMILES string of the molecule is OC1(c2ccc(OC3CC3)cc2)CCN2CCCC21. The number of aliphatic hydroxyl groups is 1. The lowest BCUT2D eigenvalue weighted by Gasteiger charge is -2.30. The summed E-state index contributed by atoms with van der Waals surface area (Å²) >= 11 is 0. The topological polar surface area (TPSA) is 32.7 Å². The van der Waals surface area contributed by atoms with Crippen LogP contribution in [0.4, 0.5) is 0 Å². The molecule has 2 unspecified atom stereocenters. The van der Waals surface area contributed by atoms with Crippen LogP contribution in [0.25, 0.3) is 0 Å². The van der Waals surface area contributed by atoms with Gasteiger partial charge < -0.3 is 9.84 Å². The Hall–Kier alpha value is -1.06. The van der Waals surface area contributed by atoms with Gasteiger partial charge in [0.15, 0.2) is 0 Å². The summed E-state index contributed by atoms with van der Waals surface area (Å²) in [5.41, 5.74) is 0.416. The molecular weight excluding hydrogens is 238 g/mol. The molecule has 3 fully saturated rings. The summed E-state index contributed by atoms with van der Waals surface area (Å²) in [6.07, 6.45) is 6.00. The first-order valence-corrected chi connectivity index (χ1v) is 7.49. The van der Waals surface area contributed by atoms with Crippen LogP contribution in [0.2, 0.25) is 0 Å². The average molecular weight is 259 g/mol. The van der Waals surface area contributed by atoms with Crippen LogP contribution >= 0.6 is 0 Å². The van der Waals surface area contributed by atoms with Crippen LogP contribution in [0.5, 0.6) is 5.75 Å². The molecule has 2 atom stereocenters. The van der Waals surface area contributed by atoms with E-state index in [4.69, 9.17) is 4.74 Å². The number of benzene rings is 1. The number of rotatable bonds is 3. The number of nitrogens with zero attached hydrogens (tertiary/aromatic N) is 1. The van der Waals surface area contributed by atoms with Gasteiger partial charge >= 0.3 is 0 Å². The lowest BCUT2D eigenvalue weighted by atomic mass is 9.85. The van der Waals surface area contributed by atoms with Gasteiger partial charge in [-0.05, 0) is 56.3 Å². The predicted molar refractivity (Wildman–Crippen MR) is 73.2 cm³/mol. The van der Waals surface area contributed by atoms with Gasteiger partial charge in [0.1, 0.15) is 11.4 Å². The maximum absolute atomic E-state index is 11.0. The van der Waals surface area contributed by atoms with E-state index in [1.165, 1.54) is 19.3 Å². The molecule has 1 aliphatic carbocycles. The molecule has 4 rings (SSSR count). The monoisotopic (exact) mass is 259 g/mol. The highest BCUT2D eigenvalue weighted by atomic mass is 16.5. The van der Waals surface area contributed by atoms with Crippen LogP contribution in [-0.2, 0) is 5.60 Å². The van der Waals surface area contributed by atoms with E-state index in [2.05, 4.69) is 17.0 Å². The van der Waals surface area contributed by atoms with E-state index < -0.39 is 5.60 Å². The molecule has 3 heteroatoms.